The first-order valence-electron chi connectivity index (χ1n) is 9.20. The van der Waals surface area contributed by atoms with E-state index in [2.05, 4.69) is 10.6 Å². The van der Waals surface area contributed by atoms with Gasteiger partial charge in [0.15, 0.2) is 11.5 Å². The molecule has 0 aliphatic carbocycles. The van der Waals surface area contributed by atoms with E-state index >= 15 is 0 Å². The summed E-state index contributed by atoms with van der Waals surface area (Å²) < 4.78 is 11.1. The molecule has 0 spiro atoms. The van der Waals surface area contributed by atoms with Crippen LogP contribution in [0.5, 0.6) is 17.2 Å². The van der Waals surface area contributed by atoms with Gasteiger partial charge in [0, 0.05) is 24.2 Å². The second-order valence-electron chi connectivity index (χ2n) is 6.20. The molecular weight excluding hydrogens is 368 g/mol. The summed E-state index contributed by atoms with van der Waals surface area (Å²) in [5.41, 5.74) is 1.22. The van der Waals surface area contributed by atoms with Crippen molar-refractivity contribution in [1.82, 2.24) is 5.32 Å². The normalized spacial score (nSPS) is 10.1. The number of benzene rings is 3. The number of hydrogen-bond acceptors (Lipinski definition) is 4. The maximum Gasteiger partial charge on any atom is 0.251 e. The van der Waals surface area contributed by atoms with Gasteiger partial charge in [-0.1, -0.05) is 30.3 Å². The average molecular weight is 390 g/mol. The number of amides is 2. The van der Waals surface area contributed by atoms with Crippen LogP contribution in [0.2, 0.25) is 0 Å². The van der Waals surface area contributed by atoms with Gasteiger partial charge in [0.1, 0.15) is 5.75 Å². The predicted molar refractivity (Wildman–Crippen MR) is 112 cm³/mol. The zero-order valence-electron chi connectivity index (χ0n) is 16.1. The number of carbonyl (C=O) groups excluding carboxylic acids is 2. The maximum absolute atomic E-state index is 12.1. The van der Waals surface area contributed by atoms with Crippen molar-refractivity contribution in [2.75, 3.05) is 19.0 Å². The number of para-hydroxylation sites is 2. The van der Waals surface area contributed by atoms with Gasteiger partial charge in [-0.25, -0.2) is 0 Å². The van der Waals surface area contributed by atoms with E-state index in [4.69, 9.17) is 9.47 Å². The van der Waals surface area contributed by atoms with Crippen molar-refractivity contribution in [3.05, 3.63) is 84.4 Å². The van der Waals surface area contributed by atoms with Crippen molar-refractivity contribution in [3.8, 4) is 17.2 Å². The number of ether oxygens (including phenoxy) is 2. The third kappa shape index (κ3) is 5.84. The number of carbonyl (C=O) groups is 2. The molecule has 0 aromatic heterocycles. The Hall–Kier alpha value is -3.80. The topological polar surface area (TPSA) is 76.7 Å². The van der Waals surface area contributed by atoms with Gasteiger partial charge in [0.2, 0.25) is 5.91 Å². The molecule has 0 atom stereocenters. The number of rotatable bonds is 8. The third-order valence-corrected chi connectivity index (χ3v) is 4.11. The van der Waals surface area contributed by atoms with Gasteiger partial charge in [-0.05, 0) is 48.5 Å². The number of nitrogens with one attached hydrogen (secondary N) is 2. The molecule has 148 valence electrons. The van der Waals surface area contributed by atoms with Gasteiger partial charge in [0.25, 0.3) is 5.91 Å². The second kappa shape index (κ2) is 9.94. The van der Waals surface area contributed by atoms with E-state index in [1.54, 1.807) is 55.6 Å². The Morgan fingerprint density at radius 2 is 1.48 bits per heavy atom. The van der Waals surface area contributed by atoms with Gasteiger partial charge in [-0.15, -0.1) is 0 Å². The van der Waals surface area contributed by atoms with Crippen molar-refractivity contribution in [3.63, 3.8) is 0 Å². The van der Waals surface area contributed by atoms with E-state index in [9.17, 15) is 9.59 Å². The molecular formula is C23H22N2O4. The summed E-state index contributed by atoms with van der Waals surface area (Å²) in [5.74, 6) is 1.50. The molecule has 3 rings (SSSR count). The van der Waals surface area contributed by atoms with E-state index in [1.165, 1.54) is 0 Å². The van der Waals surface area contributed by atoms with Crippen LogP contribution in [-0.4, -0.2) is 25.5 Å². The van der Waals surface area contributed by atoms with E-state index in [1.807, 2.05) is 30.3 Å². The van der Waals surface area contributed by atoms with Crippen LogP contribution in [0.3, 0.4) is 0 Å². The van der Waals surface area contributed by atoms with E-state index in [0.717, 1.165) is 0 Å². The molecule has 0 bridgehead atoms. The van der Waals surface area contributed by atoms with Crippen molar-refractivity contribution >= 4 is 17.5 Å². The standard InChI is InChI=1S/C23H22N2O4/c1-28-20-9-5-6-10-21(20)29-19-13-11-18(12-14-19)25-22(26)15-16-24-23(27)17-7-3-2-4-8-17/h2-14H,15-16H2,1H3,(H,24,27)(H,25,26). The maximum atomic E-state index is 12.1. The largest absolute Gasteiger partial charge is 0.493 e. The third-order valence-electron chi connectivity index (χ3n) is 4.11. The highest BCUT2D eigenvalue weighted by Crippen LogP contribution is 2.31. The zero-order valence-corrected chi connectivity index (χ0v) is 16.1. The van der Waals surface area contributed by atoms with Crippen molar-refractivity contribution in [2.45, 2.75) is 6.42 Å². The van der Waals surface area contributed by atoms with E-state index in [0.29, 0.717) is 28.5 Å². The Bertz CT molecular complexity index is 956. The first-order chi connectivity index (χ1) is 14.2. The summed E-state index contributed by atoms with van der Waals surface area (Å²) in [7, 11) is 1.59. The number of hydrogen-bond donors (Lipinski definition) is 2. The molecule has 0 heterocycles. The zero-order chi connectivity index (χ0) is 20.5. The van der Waals surface area contributed by atoms with Crippen molar-refractivity contribution in [2.24, 2.45) is 0 Å². The van der Waals surface area contributed by atoms with Crippen LogP contribution in [0.15, 0.2) is 78.9 Å². The minimum atomic E-state index is -0.198. The fourth-order valence-electron chi connectivity index (χ4n) is 2.64. The Morgan fingerprint density at radius 1 is 0.828 bits per heavy atom. The highest BCUT2D eigenvalue weighted by Gasteiger charge is 2.08. The minimum absolute atomic E-state index is 0.179. The molecule has 0 unspecified atom stereocenters. The summed E-state index contributed by atoms with van der Waals surface area (Å²) in [4.78, 5) is 24.0. The van der Waals surface area contributed by atoms with Crippen LogP contribution in [0.25, 0.3) is 0 Å². The van der Waals surface area contributed by atoms with Crippen LogP contribution in [-0.2, 0) is 4.79 Å². The number of anilines is 1. The Morgan fingerprint density at radius 3 is 2.17 bits per heavy atom. The van der Waals surface area contributed by atoms with Crippen LogP contribution in [0.1, 0.15) is 16.8 Å². The molecule has 6 nitrogen and oxygen atoms in total. The van der Waals surface area contributed by atoms with E-state index in [-0.39, 0.29) is 24.8 Å². The summed E-state index contributed by atoms with van der Waals surface area (Å²) in [6, 6.07) is 23.3. The summed E-state index contributed by atoms with van der Waals surface area (Å²) in [6.45, 7) is 0.258. The van der Waals surface area contributed by atoms with Gasteiger partial charge in [-0.3, -0.25) is 9.59 Å². The monoisotopic (exact) mass is 390 g/mol. The lowest BCUT2D eigenvalue weighted by atomic mass is 10.2. The molecule has 2 amide bonds. The van der Waals surface area contributed by atoms with Gasteiger partial charge >= 0.3 is 0 Å². The van der Waals surface area contributed by atoms with Gasteiger partial charge in [-0.2, -0.15) is 0 Å². The molecule has 6 heteroatoms. The fraction of sp³-hybridized carbons (Fsp3) is 0.130. The van der Waals surface area contributed by atoms with E-state index < -0.39 is 0 Å². The van der Waals surface area contributed by atoms with Gasteiger partial charge in [0.05, 0.1) is 7.11 Å². The Kier molecular flexibility index (Phi) is 6.84. The van der Waals surface area contributed by atoms with Crippen LogP contribution >= 0.6 is 0 Å². The second-order valence-corrected chi connectivity index (χ2v) is 6.20. The van der Waals surface area contributed by atoms with Crippen LogP contribution in [0, 0.1) is 0 Å². The average Bonchev–Trinajstić information content (AvgIpc) is 2.76. The lowest BCUT2D eigenvalue weighted by Gasteiger charge is -2.11. The first kappa shape index (κ1) is 19.9. The lowest BCUT2D eigenvalue weighted by Crippen LogP contribution is -2.27. The molecule has 29 heavy (non-hydrogen) atoms. The summed E-state index contributed by atoms with van der Waals surface area (Å²) in [6.07, 6.45) is 0.179. The van der Waals surface area contributed by atoms with Crippen LogP contribution < -0.4 is 20.1 Å². The molecule has 0 fully saturated rings. The predicted octanol–water partition coefficient (Wildman–Crippen LogP) is 4.25. The molecule has 0 saturated carbocycles. The summed E-state index contributed by atoms with van der Waals surface area (Å²) >= 11 is 0. The molecule has 0 aliphatic heterocycles. The SMILES string of the molecule is COc1ccccc1Oc1ccc(NC(=O)CCNC(=O)c2ccccc2)cc1. The summed E-state index contributed by atoms with van der Waals surface area (Å²) in [5, 5.41) is 5.53. The molecule has 0 aliphatic rings. The molecule has 0 radical (unpaired) electrons. The highest BCUT2D eigenvalue weighted by molar-refractivity contribution is 5.95. The smallest absolute Gasteiger partial charge is 0.251 e. The van der Waals surface area contributed by atoms with Crippen molar-refractivity contribution < 1.29 is 19.1 Å². The minimum Gasteiger partial charge on any atom is -0.493 e. The first-order valence-corrected chi connectivity index (χ1v) is 9.20. The van der Waals surface area contributed by atoms with Crippen molar-refractivity contribution in [1.29, 1.82) is 0 Å². The Labute approximate surface area is 169 Å². The fourth-order valence-corrected chi connectivity index (χ4v) is 2.64. The lowest BCUT2D eigenvalue weighted by molar-refractivity contribution is -0.116. The van der Waals surface area contributed by atoms with Gasteiger partial charge < -0.3 is 20.1 Å². The number of methoxy groups -OCH3 is 1. The molecule has 3 aromatic carbocycles. The van der Waals surface area contributed by atoms with Crippen LogP contribution in [0.4, 0.5) is 5.69 Å². The highest BCUT2D eigenvalue weighted by atomic mass is 16.5. The molecule has 2 N–H and O–H groups in total. The quantitative estimate of drug-likeness (QED) is 0.603. The Balaban J connectivity index is 1.46. The molecule has 3 aromatic rings. The molecule has 0 saturated heterocycles.